The number of aliphatic hydroxyl groups excluding tert-OH is 1. The molecule has 1 fully saturated rings. The zero-order valence-electron chi connectivity index (χ0n) is 14.0. The number of amides is 2. The third kappa shape index (κ3) is 4.37. The molecule has 0 spiro atoms. The van der Waals surface area contributed by atoms with Crippen LogP contribution in [0, 0.1) is 5.82 Å². The molecule has 1 heterocycles. The standard InChI is InChI=1S/C19H19FN2O4/c20-15-8-6-14(7-9-15)18(24)21-16-10-22(11-17(16)23)19(25)26-12-13-4-2-1-3-5-13/h1-9,16-17,23H,10-12H2,(H,21,24). The van der Waals surface area contributed by atoms with Crippen LogP contribution in [0.15, 0.2) is 54.6 Å². The number of nitrogens with one attached hydrogen (secondary N) is 1. The Kier molecular flexibility index (Phi) is 5.48. The molecule has 6 nitrogen and oxygen atoms in total. The summed E-state index contributed by atoms with van der Waals surface area (Å²) in [5.41, 5.74) is 1.14. The fourth-order valence-corrected chi connectivity index (χ4v) is 2.74. The maximum absolute atomic E-state index is 12.9. The van der Waals surface area contributed by atoms with Crippen molar-refractivity contribution in [1.82, 2.24) is 10.2 Å². The van der Waals surface area contributed by atoms with Crippen molar-refractivity contribution < 1.29 is 23.8 Å². The van der Waals surface area contributed by atoms with E-state index in [1.165, 1.54) is 29.2 Å². The molecule has 7 heteroatoms. The minimum Gasteiger partial charge on any atom is -0.445 e. The van der Waals surface area contributed by atoms with Crippen molar-refractivity contribution >= 4 is 12.0 Å². The van der Waals surface area contributed by atoms with E-state index in [9.17, 15) is 19.1 Å². The lowest BCUT2D eigenvalue weighted by atomic mass is 10.1. The highest BCUT2D eigenvalue weighted by molar-refractivity contribution is 5.94. The number of hydrogen-bond acceptors (Lipinski definition) is 4. The Labute approximate surface area is 150 Å². The van der Waals surface area contributed by atoms with Gasteiger partial charge in [-0.3, -0.25) is 4.79 Å². The van der Waals surface area contributed by atoms with E-state index in [1.54, 1.807) is 0 Å². The minimum atomic E-state index is -0.899. The monoisotopic (exact) mass is 358 g/mol. The second kappa shape index (κ2) is 7.97. The van der Waals surface area contributed by atoms with Crippen LogP contribution in [-0.4, -0.2) is 47.2 Å². The first-order valence-electron chi connectivity index (χ1n) is 8.23. The van der Waals surface area contributed by atoms with Crippen molar-refractivity contribution in [2.75, 3.05) is 13.1 Å². The summed E-state index contributed by atoms with van der Waals surface area (Å²) in [5.74, 6) is -0.872. The van der Waals surface area contributed by atoms with Crippen LogP contribution < -0.4 is 5.32 Å². The van der Waals surface area contributed by atoms with Crippen molar-refractivity contribution in [3.63, 3.8) is 0 Å². The van der Waals surface area contributed by atoms with E-state index in [4.69, 9.17) is 4.74 Å². The number of likely N-dealkylation sites (tertiary alicyclic amines) is 1. The van der Waals surface area contributed by atoms with Crippen LogP contribution in [0.3, 0.4) is 0 Å². The molecule has 1 saturated heterocycles. The molecule has 2 unspecified atom stereocenters. The van der Waals surface area contributed by atoms with Gasteiger partial charge < -0.3 is 20.1 Å². The van der Waals surface area contributed by atoms with E-state index in [1.807, 2.05) is 30.3 Å². The SMILES string of the molecule is O=C(NC1CN(C(=O)OCc2ccccc2)CC1O)c1ccc(F)cc1. The summed E-state index contributed by atoms with van der Waals surface area (Å²) >= 11 is 0. The molecule has 136 valence electrons. The van der Waals surface area contributed by atoms with Gasteiger partial charge in [-0.1, -0.05) is 30.3 Å². The Morgan fingerprint density at radius 1 is 1.12 bits per heavy atom. The molecule has 0 saturated carbocycles. The highest BCUT2D eigenvalue weighted by Gasteiger charge is 2.35. The number of nitrogens with zero attached hydrogens (tertiary/aromatic N) is 1. The van der Waals surface area contributed by atoms with Crippen LogP contribution in [0.1, 0.15) is 15.9 Å². The fourth-order valence-electron chi connectivity index (χ4n) is 2.74. The van der Waals surface area contributed by atoms with Crippen LogP contribution in [0.2, 0.25) is 0 Å². The van der Waals surface area contributed by atoms with Crippen molar-refractivity contribution in [1.29, 1.82) is 0 Å². The quantitative estimate of drug-likeness (QED) is 0.876. The van der Waals surface area contributed by atoms with Crippen molar-refractivity contribution in [3.8, 4) is 0 Å². The zero-order chi connectivity index (χ0) is 18.5. The van der Waals surface area contributed by atoms with E-state index in [2.05, 4.69) is 5.32 Å². The second-order valence-corrected chi connectivity index (χ2v) is 6.10. The Morgan fingerprint density at radius 3 is 2.50 bits per heavy atom. The van der Waals surface area contributed by atoms with E-state index >= 15 is 0 Å². The summed E-state index contributed by atoms with van der Waals surface area (Å²) in [6.07, 6.45) is -1.45. The first-order chi connectivity index (χ1) is 12.5. The number of carbonyl (C=O) groups is 2. The number of ether oxygens (including phenoxy) is 1. The fraction of sp³-hybridized carbons (Fsp3) is 0.263. The summed E-state index contributed by atoms with van der Waals surface area (Å²) < 4.78 is 18.2. The Bertz CT molecular complexity index is 767. The second-order valence-electron chi connectivity index (χ2n) is 6.10. The molecule has 0 bridgehead atoms. The maximum atomic E-state index is 12.9. The van der Waals surface area contributed by atoms with Crippen molar-refractivity contribution in [2.45, 2.75) is 18.8 Å². The Balaban J connectivity index is 1.52. The van der Waals surface area contributed by atoms with Gasteiger partial charge in [-0.15, -0.1) is 0 Å². The topological polar surface area (TPSA) is 78.9 Å². The molecule has 2 aromatic rings. The molecule has 2 aromatic carbocycles. The molecular weight excluding hydrogens is 339 g/mol. The number of rotatable bonds is 4. The molecule has 1 aliphatic heterocycles. The van der Waals surface area contributed by atoms with Gasteiger partial charge in [0.05, 0.1) is 18.7 Å². The lowest BCUT2D eigenvalue weighted by molar-refractivity contribution is 0.0887. The number of β-amino-alcohol motifs (C(OH)–C–C–N with tert-alkyl or cyclic N) is 1. The number of halogens is 1. The number of aliphatic hydroxyl groups is 1. The number of carbonyl (C=O) groups excluding carboxylic acids is 2. The summed E-state index contributed by atoms with van der Waals surface area (Å²) in [7, 11) is 0. The summed E-state index contributed by atoms with van der Waals surface area (Å²) in [6.45, 7) is 0.350. The van der Waals surface area contributed by atoms with E-state index < -0.39 is 30.0 Å². The van der Waals surface area contributed by atoms with Gasteiger partial charge in [0.1, 0.15) is 12.4 Å². The molecule has 2 atom stereocenters. The predicted molar refractivity (Wildman–Crippen MR) is 91.9 cm³/mol. The van der Waals surface area contributed by atoms with Gasteiger partial charge in [0.25, 0.3) is 5.91 Å². The normalized spacial score (nSPS) is 19.2. The predicted octanol–water partition coefficient (Wildman–Crippen LogP) is 1.94. The molecule has 2 N–H and O–H groups in total. The highest BCUT2D eigenvalue weighted by Crippen LogP contribution is 2.14. The van der Waals surface area contributed by atoms with Gasteiger partial charge in [-0.25, -0.2) is 9.18 Å². The number of hydrogen-bond donors (Lipinski definition) is 2. The molecular formula is C19H19FN2O4. The smallest absolute Gasteiger partial charge is 0.410 e. The highest BCUT2D eigenvalue weighted by atomic mass is 19.1. The molecule has 0 aliphatic carbocycles. The molecule has 26 heavy (non-hydrogen) atoms. The van der Waals surface area contributed by atoms with Crippen molar-refractivity contribution in [2.24, 2.45) is 0 Å². The van der Waals surface area contributed by atoms with Gasteiger partial charge in [-0.2, -0.15) is 0 Å². The Hall–Kier alpha value is -2.93. The number of benzene rings is 2. The third-order valence-electron chi connectivity index (χ3n) is 4.18. The van der Waals surface area contributed by atoms with E-state index in [0.29, 0.717) is 0 Å². The molecule has 2 amide bonds. The van der Waals surface area contributed by atoms with Gasteiger partial charge >= 0.3 is 6.09 Å². The summed E-state index contributed by atoms with van der Waals surface area (Å²) in [5, 5.41) is 12.8. The molecule has 0 radical (unpaired) electrons. The summed E-state index contributed by atoms with van der Waals surface area (Å²) in [6, 6.07) is 13.7. The van der Waals surface area contributed by atoms with Crippen LogP contribution >= 0.6 is 0 Å². The van der Waals surface area contributed by atoms with Crippen LogP contribution in [-0.2, 0) is 11.3 Å². The molecule has 1 aliphatic rings. The van der Waals surface area contributed by atoms with Gasteiger partial charge in [0.15, 0.2) is 0 Å². The van der Waals surface area contributed by atoms with Gasteiger partial charge in [0, 0.05) is 12.1 Å². The van der Waals surface area contributed by atoms with Crippen LogP contribution in [0.5, 0.6) is 0 Å². The maximum Gasteiger partial charge on any atom is 0.410 e. The first kappa shape index (κ1) is 17.9. The lowest BCUT2D eigenvalue weighted by Crippen LogP contribution is -2.43. The van der Waals surface area contributed by atoms with Crippen LogP contribution in [0.25, 0.3) is 0 Å². The Morgan fingerprint density at radius 2 is 1.81 bits per heavy atom. The van der Waals surface area contributed by atoms with Gasteiger partial charge in [0.2, 0.25) is 0 Å². The van der Waals surface area contributed by atoms with Crippen LogP contribution in [0.4, 0.5) is 9.18 Å². The molecule has 0 aromatic heterocycles. The van der Waals surface area contributed by atoms with Gasteiger partial charge in [-0.05, 0) is 29.8 Å². The minimum absolute atomic E-state index is 0.0714. The third-order valence-corrected chi connectivity index (χ3v) is 4.18. The first-order valence-corrected chi connectivity index (χ1v) is 8.23. The molecule has 3 rings (SSSR count). The van der Waals surface area contributed by atoms with E-state index in [0.717, 1.165) is 5.56 Å². The van der Waals surface area contributed by atoms with E-state index in [-0.39, 0.29) is 25.3 Å². The zero-order valence-corrected chi connectivity index (χ0v) is 14.0. The largest absolute Gasteiger partial charge is 0.445 e. The summed E-state index contributed by atoms with van der Waals surface area (Å²) in [4.78, 5) is 25.7. The van der Waals surface area contributed by atoms with Crippen molar-refractivity contribution in [3.05, 3.63) is 71.5 Å². The average molecular weight is 358 g/mol. The average Bonchev–Trinajstić information content (AvgIpc) is 3.01. The lowest BCUT2D eigenvalue weighted by Gasteiger charge is -2.17.